The van der Waals surface area contributed by atoms with Crippen LogP contribution in [0.1, 0.15) is 51.5 Å². The van der Waals surface area contributed by atoms with Crippen LogP contribution in [0.25, 0.3) is 0 Å². The van der Waals surface area contributed by atoms with Crippen LogP contribution in [-0.2, 0) is 16.0 Å². The topological polar surface area (TPSA) is 75.6 Å². The fraction of sp³-hybridized carbons (Fsp3) is 0.556. The first kappa shape index (κ1) is 17.3. The average molecular weight is 319 g/mol. The van der Waals surface area contributed by atoms with Gasteiger partial charge >= 0.3 is 5.97 Å². The van der Waals surface area contributed by atoms with E-state index in [4.69, 9.17) is 4.74 Å². The lowest BCUT2D eigenvalue weighted by molar-refractivity contribution is -0.149. The molecule has 1 aromatic carbocycles. The highest BCUT2D eigenvalue weighted by atomic mass is 16.5. The van der Waals surface area contributed by atoms with Gasteiger partial charge in [0.05, 0.1) is 12.5 Å². The van der Waals surface area contributed by atoms with Crippen LogP contribution in [0.3, 0.4) is 0 Å². The van der Waals surface area contributed by atoms with Crippen molar-refractivity contribution in [2.24, 2.45) is 0 Å². The number of carboxylic acids is 1. The molecule has 1 aliphatic carbocycles. The molecule has 0 radical (unpaired) electrons. The Bertz CT molecular complexity index is 562. The number of hydrogen-bond acceptors (Lipinski definition) is 3. The van der Waals surface area contributed by atoms with Gasteiger partial charge in [0.25, 0.3) is 0 Å². The third-order valence-corrected chi connectivity index (χ3v) is 4.18. The van der Waals surface area contributed by atoms with E-state index in [2.05, 4.69) is 5.32 Å². The van der Waals surface area contributed by atoms with E-state index in [0.29, 0.717) is 18.6 Å². The molecule has 0 bridgehead atoms. The highest BCUT2D eigenvalue weighted by molar-refractivity contribution is 5.88. The molecule has 0 spiro atoms. The van der Waals surface area contributed by atoms with Crippen LogP contribution in [0.5, 0.6) is 5.75 Å². The molecule has 5 nitrogen and oxygen atoms in total. The number of amides is 1. The lowest BCUT2D eigenvalue weighted by Crippen LogP contribution is -2.56. The van der Waals surface area contributed by atoms with Crippen molar-refractivity contribution in [3.8, 4) is 5.75 Å². The first-order valence-corrected chi connectivity index (χ1v) is 8.22. The van der Waals surface area contributed by atoms with E-state index in [1.165, 1.54) is 0 Å². The van der Waals surface area contributed by atoms with Crippen LogP contribution < -0.4 is 10.1 Å². The molecule has 1 amide bonds. The van der Waals surface area contributed by atoms with Crippen LogP contribution in [0.15, 0.2) is 24.3 Å². The number of ether oxygens (including phenoxy) is 1. The van der Waals surface area contributed by atoms with Crippen LogP contribution in [-0.4, -0.2) is 28.6 Å². The van der Waals surface area contributed by atoms with E-state index in [1.807, 2.05) is 38.1 Å². The van der Waals surface area contributed by atoms with Gasteiger partial charge < -0.3 is 15.2 Å². The summed E-state index contributed by atoms with van der Waals surface area (Å²) in [5.74, 6) is -0.531. The van der Waals surface area contributed by atoms with Gasteiger partial charge in [0.2, 0.25) is 5.91 Å². The second-order valence-corrected chi connectivity index (χ2v) is 6.45. The molecule has 0 heterocycles. The normalized spacial score (nSPS) is 16.8. The zero-order chi connectivity index (χ0) is 16.9. The molecule has 0 aliphatic heterocycles. The lowest BCUT2D eigenvalue weighted by Gasteiger charge is -2.34. The molecule has 2 rings (SSSR count). The number of hydrogen-bond donors (Lipinski definition) is 2. The van der Waals surface area contributed by atoms with E-state index in [-0.39, 0.29) is 18.4 Å². The van der Waals surface area contributed by atoms with Gasteiger partial charge in [-0.15, -0.1) is 0 Å². The van der Waals surface area contributed by atoms with Gasteiger partial charge in [0, 0.05) is 5.56 Å². The largest absolute Gasteiger partial charge is 0.491 e. The minimum Gasteiger partial charge on any atom is -0.491 e. The Balaban J connectivity index is 2.08. The Kier molecular flexibility index (Phi) is 5.64. The number of para-hydroxylation sites is 1. The van der Waals surface area contributed by atoms with Crippen molar-refractivity contribution >= 4 is 11.9 Å². The van der Waals surface area contributed by atoms with Crippen molar-refractivity contribution in [2.75, 3.05) is 0 Å². The minimum atomic E-state index is -1.11. The van der Waals surface area contributed by atoms with E-state index >= 15 is 0 Å². The second kappa shape index (κ2) is 7.49. The van der Waals surface area contributed by atoms with E-state index in [0.717, 1.165) is 24.8 Å². The van der Waals surface area contributed by atoms with Crippen molar-refractivity contribution in [1.82, 2.24) is 5.32 Å². The Morgan fingerprint density at radius 2 is 1.87 bits per heavy atom. The first-order valence-electron chi connectivity index (χ1n) is 8.22. The number of carbonyl (C=O) groups excluding carboxylic acids is 1. The maximum absolute atomic E-state index is 12.4. The predicted octanol–water partition coefficient (Wildman–Crippen LogP) is 2.92. The number of carboxylic acid groups (broad SMARTS) is 1. The molecule has 2 N–H and O–H groups in total. The average Bonchev–Trinajstić information content (AvgIpc) is 2.49. The molecule has 1 saturated carbocycles. The summed E-state index contributed by atoms with van der Waals surface area (Å²) in [7, 11) is 0. The Hall–Kier alpha value is -2.04. The van der Waals surface area contributed by atoms with Crippen molar-refractivity contribution in [3.05, 3.63) is 29.8 Å². The quantitative estimate of drug-likeness (QED) is 0.845. The molecule has 23 heavy (non-hydrogen) atoms. The second-order valence-electron chi connectivity index (χ2n) is 6.45. The van der Waals surface area contributed by atoms with Gasteiger partial charge in [-0.25, -0.2) is 4.79 Å². The molecule has 0 saturated heterocycles. The summed E-state index contributed by atoms with van der Waals surface area (Å²) in [6.45, 7) is 3.86. The third kappa shape index (κ3) is 4.47. The Morgan fingerprint density at radius 3 is 2.48 bits per heavy atom. The molecule has 1 aliphatic rings. The fourth-order valence-electron chi connectivity index (χ4n) is 3.05. The van der Waals surface area contributed by atoms with Crippen LogP contribution in [0, 0.1) is 0 Å². The summed E-state index contributed by atoms with van der Waals surface area (Å²) in [4.78, 5) is 24.0. The van der Waals surface area contributed by atoms with Crippen molar-refractivity contribution in [1.29, 1.82) is 0 Å². The van der Waals surface area contributed by atoms with Crippen LogP contribution in [0.4, 0.5) is 0 Å². The highest BCUT2D eigenvalue weighted by Gasteiger charge is 2.40. The SMILES string of the molecule is CC(C)Oc1ccccc1CC(=O)NC1(C(=O)O)CCCCC1. The minimum absolute atomic E-state index is 0.0166. The van der Waals surface area contributed by atoms with Gasteiger partial charge in [-0.2, -0.15) is 0 Å². The zero-order valence-electron chi connectivity index (χ0n) is 13.8. The first-order chi connectivity index (χ1) is 10.9. The third-order valence-electron chi connectivity index (χ3n) is 4.18. The van der Waals surface area contributed by atoms with Crippen LogP contribution >= 0.6 is 0 Å². The molecule has 0 unspecified atom stereocenters. The number of aliphatic carboxylic acids is 1. The number of rotatable bonds is 6. The maximum Gasteiger partial charge on any atom is 0.329 e. The number of nitrogens with one attached hydrogen (secondary N) is 1. The summed E-state index contributed by atoms with van der Waals surface area (Å²) >= 11 is 0. The van der Waals surface area contributed by atoms with Gasteiger partial charge in [-0.05, 0) is 32.8 Å². The molecular weight excluding hydrogens is 294 g/mol. The highest BCUT2D eigenvalue weighted by Crippen LogP contribution is 2.29. The Morgan fingerprint density at radius 1 is 1.22 bits per heavy atom. The number of carbonyl (C=O) groups is 2. The monoisotopic (exact) mass is 319 g/mol. The predicted molar refractivity (Wildman–Crippen MR) is 87.5 cm³/mol. The van der Waals surface area contributed by atoms with Crippen LogP contribution in [0.2, 0.25) is 0 Å². The zero-order valence-corrected chi connectivity index (χ0v) is 13.8. The summed E-state index contributed by atoms with van der Waals surface area (Å²) < 4.78 is 5.71. The standard InChI is InChI=1S/C18H25NO4/c1-13(2)23-15-9-5-4-8-14(15)12-16(20)19-18(17(21)22)10-6-3-7-11-18/h4-5,8-9,13H,3,6-7,10-12H2,1-2H3,(H,19,20)(H,21,22). The Labute approximate surface area is 137 Å². The van der Waals surface area contributed by atoms with E-state index in [1.54, 1.807) is 0 Å². The summed E-state index contributed by atoms with van der Waals surface area (Å²) in [5.41, 5.74) is -0.335. The summed E-state index contributed by atoms with van der Waals surface area (Å²) in [5, 5.41) is 12.3. The van der Waals surface area contributed by atoms with E-state index < -0.39 is 11.5 Å². The van der Waals surface area contributed by atoms with Gasteiger partial charge in [-0.3, -0.25) is 4.79 Å². The molecular formula is C18H25NO4. The fourth-order valence-corrected chi connectivity index (χ4v) is 3.05. The molecule has 1 fully saturated rings. The summed E-state index contributed by atoms with van der Waals surface area (Å²) in [6.07, 6.45) is 3.83. The lowest BCUT2D eigenvalue weighted by atomic mass is 9.81. The van der Waals surface area contributed by atoms with Crippen molar-refractivity contribution < 1.29 is 19.4 Å². The van der Waals surface area contributed by atoms with E-state index in [9.17, 15) is 14.7 Å². The molecule has 5 heteroatoms. The van der Waals surface area contributed by atoms with Crippen molar-refractivity contribution in [2.45, 2.75) is 64.0 Å². The van der Waals surface area contributed by atoms with Gasteiger partial charge in [-0.1, -0.05) is 37.5 Å². The molecule has 126 valence electrons. The van der Waals surface area contributed by atoms with Crippen molar-refractivity contribution in [3.63, 3.8) is 0 Å². The molecule has 0 aromatic heterocycles. The van der Waals surface area contributed by atoms with Gasteiger partial charge in [0.15, 0.2) is 0 Å². The maximum atomic E-state index is 12.4. The smallest absolute Gasteiger partial charge is 0.329 e. The molecule has 0 atom stereocenters. The van der Waals surface area contributed by atoms with Gasteiger partial charge in [0.1, 0.15) is 11.3 Å². The summed E-state index contributed by atoms with van der Waals surface area (Å²) in [6, 6.07) is 7.38. The molecule has 1 aromatic rings. The number of benzene rings is 1.